The van der Waals surface area contributed by atoms with Gasteiger partial charge in [0.05, 0.1) is 18.1 Å². The standard InChI is InChI=1S/C13H19NO4S/c1-10-9-14(7-6-13(10)15)19(16,17)12-5-3-4-11(8-12)18-2/h3-5,8,10,13,15H,6-7,9H2,1-2H3. The fourth-order valence-corrected chi connectivity index (χ4v) is 3.81. The normalized spacial score (nSPS) is 25.2. The van der Waals surface area contributed by atoms with Gasteiger partial charge in [-0.15, -0.1) is 0 Å². The Morgan fingerprint density at radius 1 is 1.42 bits per heavy atom. The number of methoxy groups -OCH3 is 1. The summed E-state index contributed by atoms with van der Waals surface area (Å²) in [5, 5.41) is 9.67. The molecule has 5 nitrogen and oxygen atoms in total. The molecular weight excluding hydrogens is 266 g/mol. The predicted molar refractivity (Wildman–Crippen MR) is 71.5 cm³/mol. The molecule has 1 saturated heterocycles. The zero-order chi connectivity index (χ0) is 14.0. The van der Waals surface area contributed by atoms with Gasteiger partial charge in [0.2, 0.25) is 10.0 Å². The van der Waals surface area contributed by atoms with Crippen molar-refractivity contribution in [3.8, 4) is 5.75 Å². The molecule has 0 radical (unpaired) electrons. The summed E-state index contributed by atoms with van der Waals surface area (Å²) in [6.07, 6.45) is 0.0569. The smallest absolute Gasteiger partial charge is 0.243 e. The summed E-state index contributed by atoms with van der Waals surface area (Å²) in [4.78, 5) is 0.232. The van der Waals surface area contributed by atoms with Gasteiger partial charge in [-0.1, -0.05) is 13.0 Å². The number of aliphatic hydroxyl groups excluding tert-OH is 1. The molecule has 19 heavy (non-hydrogen) atoms. The van der Waals surface area contributed by atoms with E-state index < -0.39 is 16.1 Å². The lowest BCUT2D eigenvalue weighted by molar-refractivity contribution is 0.0628. The van der Waals surface area contributed by atoms with E-state index in [1.807, 2.05) is 6.92 Å². The molecule has 6 heteroatoms. The third-order valence-corrected chi connectivity index (χ3v) is 5.36. The maximum atomic E-state index is 12.5. The Hall–Kier alpha value is -1.11. The first-order chi connectivity index (χ1) is 8.95. The first-order valence-corrected chi connectivity index (χ1v) is 7.71. The summed E-state index contributed by atoms with van der Waals surface area (Å²) in [6.45, 7) is 2.56. The van der Waals surface area contributed by atoms with Crippen molar-refractivity contribution in [1.29, 1.82) is 0 Å². The van der Waals surface area contributed by atoms with Crippen LogP contribution in [0, 0.1) is 5.92 Å². The number of benzene rings is 1. The second-order valence-electron chi connectivity index (χ2n) is 4.88. The van der Waals surface area contributed by atoms with Crippen molar-refractivity contribution in [1.82, 2.24) is 4.31 Å². The molecule has 0 aliphatic carbocycles. The van der Waals surface area contributed by atoms with Crippen LogP contribution in [0.5, 0.6) is 5.75 Å². The minimum Gasteiger partial charge on any atom is -0.497 e. The summed E-state index contributed by atoms with van der Waals surface area (Å²) >= 11 is 0. The maximum absolute atomic E-state index is 12.5. The first kappa shape index (κ1) is 14.3. The maximum Gasteiger partial charge on any atom is 0.243 e. The molecule has 2 atom stereocenters. The van der Waals surface area contributed by atoms with E-state index in [1.165, 1.54) is 17.5 Å². The van der Waals surface area contributed by atoms with Gasteiger partial charge >= 0.3 is 0 Å². The Kier molecular flexibility index (Phi) is 4.13. The lowest BCUT2D eigenvalue weighted by Gasteiger charge is -2.33. The molecule has 106 valence electrons. The highest BCUT2D eigenvalue weighted by molar-refractivity contribution is 7.89. The molecule has 0 spiro atoms. The average molecular weight is 285 g/mol. The molecule has 1 N–H and O–H groups in total. The van der Waals surface area contributed by atoms with Crippen molar-refractivity contribution in [2.45, 2.75) is 24.3 Å². The van der Waals surface area contributed by atoms with Crippen LogP contribution in [-0.4, -0.2) is 44.1 Å². The van der Waals surface area contributed by atoms with Crippen molar-refractivity contribution in [3.63, 3.8) is 0 Å². The Bertz CT molecular complexity index is 543. The zero-order valence-electron chi connectivity index (χ0n) is 11.1. The molecule has 1 aromatic carbocycles. The van der Waals surface area contributed by atoms with E-state index in [0.717, 1.165) is 0 Å². The Morgan fingerprint density at radius 3 is 2.79 bits per heavy atom. The van der Waals surface area contributed by atoms with Crippen molar-refractivity contribution >= 4 is 10.0 Å². The molecule has 2 rings (SSSR count). The lowest BCUT2D eigenvalue weighted by Crippen LogP contribution is -2.44. The summed E-state index contributed by atoms with van der Waals surface area (Å²) < 4.78 is 31.5. The molecule has 2 unspecified atom stereocenters. The van der Waals surface area contributed by atoms with Gasteiger partial charge in [-0.2, -0.15) is 4.31 Å². The first-order valence-electron chi connectivity index (χ1n) is 6.27. The number of hydrogen-bond acceptors (Lipinski definition) is 4. The molecule has 1 aliphatic rings. The zero-order valence-corrected chi connectivity index (χ0v) is 11.9. The van der Waals surface area contributed by atoms with Gasteiger partial charge in [-0.25, -0.2) is 8.42 Å². The van der Waals surface area contributed by atoms with Crippen LogP contribution in [0.2, 0.25) is 0 Å². The van der Waals surface area contributed by atoms with Crippen LogP contribution in [0.1, 0.15) is 13.3 Å². The van der Waals surface area contributed by atoms with Gasteiger partial charge in [0.1, 0.15) is 5.75 Å². The monoisotopic (exact) mass is 285 g/mol. The van der Waals surface area contributed by atoms with Crippen LogP contribution < -0.4 is 4.74 Å². The van der Waals surface area contributed by atoms with Gasteiger partial charge in [-0.3, -0.25) is 0 Å². The van der Waals surface area contributed by atoms with E-state index in [-0.39, 0.29) is 10.8 Å². The van der Waals surface area contributed by atoms with Gasteiger partial charge in [-0.05, 0) is 24.5 Å². The number of piperidine rings is 1. The van der Waals surface area contributed by atoms with Crippen molar-refractivity contribution in [3.05, 3.63) is 24.3 Å². The Balaban J connectivity index is 2.27. The van der Waals surface area contributed by atoms with Crippen LogP contribution in [0.3, 0.4) is 0 Å². The summed E-state index contributed by atoms with van der Waals surface area (Å²) in [5.41, 5.74) is 0. The molecule has 1 fully saturated rings. The number of ether oxygens (including phenoxy) is 1. The quantitative estimate of drug-likeness (QED) is 0.902. The van der Waals surface area contributed by atoms with E-state index in [4.69, 9.17) is 4.74 Å². The minimum absolute atomic E-state index is 0.0471. The van der Waals surface area contributed by atoms with Crippen molar-refractivity contribution in [2.24, 2.45) is 5.92 Å². The number of rotatable bonds is 3. The highest BCUT2D eigenvalue weighted by atomic mass is 32.2. The number of sulfonamides is 1. The van der Waals surface area contributed by atoms with Crippen molar-refractivity contribution < 1.29 is 18.3 Å². The molecule has 1 heterocycles. The predicted octanol–water partition coefficient (Wildman–Crippen LogP) is 1.09. The van der Waals surface area contributed by atoms with E-state index in [9.17, 15) is 13.5 Å². The highest BCUT2D eigenvalue weighted by Crippen LogP contribution is 2.25. The number of hydrogen-bond donors (Lipinski definition) is 1. The van der Waals surface area contributed by atoms with Crippen LogP contribution in [-0.2, 0) is 10.0 Å². The molecule has 0 bridgehead atoms. The number of aliphatic hydroxyl groups is 1. The van der Waals surface area contributed by atoms with Crippen LogP contribution in [0.15, 0.2) is 29.2 Å². The fourth-order valence-electron chi connectivity index (χ4n) is 2.22. The van der Waals surface area contributed by atoms with E-state index in [0.29, 0.717) is 25.3 Å². The lowest BCUT2D eigenvalue weighted by atomic mass is 9.99. The Labute approximate surface area is 113 Å². The topological polar surface area (TPSA) is 66.8 Å². The van der Waals surface area contributed by atoms with Gasteiger partial charge in [0.25, 0.3) is 0 Å². The molecule has 0 amide bonds. The van der Waals surface area contributed by atoms with Crippen molar-refractivity contribution in [2.75, 3.05) is 20.2 Å². The second-order valence-corrected chi connectivity index (χ2v) is 6.81. The largest absolute Gasteiger partial charge is 0.497 e. The molecule has 0 saturated carbocycles. The molecule has 1 aliphatic heterocycles. The molecular formula is C13H19NO4S. The third kappa shape index (κ3) is 2.91. The van der Waals surface area contributed by atoms with Gasteiger partial charge in [0.15, 0.2) is 0 Å². The average Bonchev–Trinajstić information content (AvgIpc) is 2.41. The van der Waals surface area contributed by atoms with E-state index in [2.05, 4.69) is 0 Å². The van der Waals surface area contributed by atoms with Gasteiger partial charge < -0.3 is 9.84 Å². The van der Waals surface area contributed by atoms with Crippen LogP contribution in [0.4, 0.5) is 0 Å². The summed E-state index contributed by atoms with van der Waals surface area (Å²) in [6, 6.07) is 6.45. The van der Waals surface area contributed by atoms with Crippen LogP contribution in [0.25, 0.3) is 0 Å². The highest BCUT2D eigenvalue weighted by Gasteiger charge is 2.32. The SMILES string of the molecule is COc1cccc(S(=O)(=O)N2CCC(O)C(C)C2)c1. The number of nitrogens with zero attached hydrogens (tertiary/aromatic N) is 1. The minimum atomic E-state index is -3.51. The molecule has 1 aromatic rings. The fraction of sp³-hybridized carbons (Fsp3) is 0.538. The van der Waals surface area contributed by atoms with E-state index >= 15 is 0 Å². The van der Waals surface area contributed by atoms with Gasteiger partial charge in [0, 0.05) is 19.2 Å². The Morgan fingerprint density at radius 2 is 2.16 bits per heavy atom. The van der Waals surface area contributed by atoms with E-state index in [1.54, 1.807) is 18.2 Å². The summed E-state index contributed by atoms with van der Waals surface area (Å²) in [5.74, 6) is 0.473. The summed E-state index contributed by atoms with van der Waals surface area (Å²) in [7, 11) is -2.00. The van der Waals surface area contributed by atoms with Crippen LogP contribution >= 0.6 is 0 Å². The third-order valence-electron chi connectivity index (χ3n) is 3.50. The molecule has 0 aromatic heterocycles. The second kappa shape index (κ2) is 5.48.